The zero-order chi connectivity index (χ0) is 34.0. The van der Waals surface area contributed by atoms with Gasteiger partial charge in [-0.15, -0.1) is 0 Å². The molecular formula is C38H58O8. The minimum Gasteiger partial charge on any atom is -0.462 e. The fourth-order valence-electron chi connectivity index (χ4n) is 10.7. The van der Waals surface area contributed by atoms with E-state index >= 15 is 0 Å². The van der Waals surface area contributed by atoms with Crippen LogP contribution in [0.2, 0.25) is 0 Å². The third-order valence-corrected chi connectivity index (χ3v) is 13.9. The van der Waals surface area contributed by atoms with Gasteiger partial charge in [0.25, 0.3) is 0 Å². The van der Waals surface area contributed by atoms with Gasteiger partial charge in [0.15, 0.2) is 0 Å². The van der Waals surface area contributed by atoms with Crippen molar-refractivity contribution in [1.82, 2.24) is 0 Å². The van der Waals surface area contributed by atoms with Gasteiger partial charge in [0.05, 0.1) is 12.5 Å². The highest BCUT2D eigenvalue weighted by molar-refractivity contribution is 5.73. The number of carbonyl (C=O) groups excluding carboxylic acids is 2. The van der Waals surface area contributed by atoms with Gasteiger partial charge >= 0.3 is 11.9 Å². The summed E-state index contributed by atoms with van der Waals surface area (Å²) in [6.45, 7) is 21.2. The summed E-state index contributed by atoms with van der Waals surface area (Å²) in [5.74, 6) is -0.625. The van der Waals surface area contributed by atoms with Crippen molar-refractivity contribution in [2.75, 3.05) is 6.61 Å². The number of carbonyl (C=O) groups is 2. The van der Waals surface area contributed by atoms with Crippen LogP contribution in [0.5, 0.6) is 0 Å². The lowest BCUT2D eigenvalue weighted by Gasteiger charge is -2.62. The number of esters is 2. The van der Waals surface area contributed by atoms with E-state index < -0.39 is 36.5 Å². The lowest BCUT2D eigenvalue weighted by atomic mass is 9.43. The maximum atomic E-state index is 14.1. The lowest BCUT2D eigenvalue weighted by molar-refractivity contribution is -0.265. The minimum absolute atomic E-state index is 0.0474. The van der Waals surface area contributed by atoms with E-state index in [4.69, 9.17) is 14.2 Å². The molecule has 3 fully saturated rings. The van der Waals surface area contributed by atoms with Gasteiger partial charge < -0.3 is 29.5 Å². The molecule has 258 valence electrons. The third kappa shape index (κ3) is 5.63. The third-order valence-electron chi connectivity index (χ3n) is 13.9. The Kier molecular flexibility index (Phi) is 9.57. The molecule has 3 N–H and O–H groups in total. The van der Waals surface area contributed by atoms with Gasteiger partial charge in [-0.25, -0.2) is 0 Å². The van der Waals surface area contributed by atoms with E-state index in [-0.39, 0.29) is 46.3 Å². The summed E-state index contributed by atoms with van der Waals surface area (Å²) in [7, 11) is 0. The number of hydrogen-bond acceptors (Lipinski definition) is 8. The molecule has 11 atom stereocenters. The molecule has 8 heteroatoms. The number of aliphatic hydroxyl groups is 3. The Bertz CT molecular complexity index is 1300. The van der Waals surface area contributed by atoms with Crippen molar-refractivity contribution >= 4 is 11.9 Å². The second-order valence-corrected chi connectivity index (χ2v) is 16.5. The van der Waals surface area contributed by atoms with Crippen molar-refractivity contribution < 1.29 is 39.1 Å². The molecule has 4 aliphatic carbocycles. The zero-order valence-corrected chi connectivity index (χ0v) is 29.4. The molecule has 0 bridgehead atoms. The van der Waals surface area contributed by atoms with Gasteiger partial charge in [-0.05, 0) is 99.7 Å². The quantitative estimate of drug-likeness (QED) is 0.171. The molecular weight excluding hydrogens is 584 g/mol. The van der Waals surface area contributed by atoms with E-state index in [1.807, 2.05) is 13.8 Å². The Morgan fingerprint density at radius 1 is 0.935 bits per heavy atom. The Balaban J connectivity index is 1.46. The molecule has 1 saturated heterocycles. The topological polar surface area (TPSA) is 123 Å². The van der Waals surface area contributed by atoms with E-state index in [2.05, 4.69) is 47.3 Å². The summed E-state index contributed by atoms with van der Waals surface area (Å²) in [5.41, 5.74) is 4.91. The second kappa shape index (κ2) is 12.5. The zero-order valence-electron chi connectivity index (χ0n) is 29.4. The van der Waals surface area contributed by atoms with Crippen LogP contribution in [0.3, 0.4) is 0 Å². The first kappa shape index (κ1) is 35.3. The van der Waals surface area contributed by atoms with E-state index in [1.54, 1.807) is 11.1 Å². The van der Waals surface area contributed by atoms with Gasteiger partial charge in [0, 0.05) is 12.3 Å². The summed E-state index contributed by atoms with van der Waals surface area (Å²) in [6, 6.07) is 0. The largest absolute Gasteiger partial charge is 0.462 e. The van der Waals surface area contributed by atoms with Crippen molar-refractivity contribution in [2.24, 2.45) is 39.4 Å². The molecule has 0 aromatic rings. The molecule has 0 amide bonds. The maximum absolute atomic E-state index is 14.1. The second-order valence-electron chi connectivity index (χ2n) is 16.5. The summed E-state index contributed by atoms with van der Waals surface area (Å²) in [5, 5.41) is 30.7. The van der Waals surface area contributed by atoms with Crippen molar-refractivity contribution in [3.05, 3.63) is 34.9 Å². The van der Waals surface area contributed by atoms with Crippen LogP contribution in [-0.4, -0.2) is 64.6 Å². The molecule has 1 heterocycles. The monoisotopic (exact) mass is 642 g/mol. The summed E-state index contributed by atoms with van der Waals surface area (Å²) in [6.07, 6.45) is 4.78. The molecule has 8 nitrogen and oxygen atoms in total. The average molecular weight is 643 g/mol. The molecule has 0 aromatic heterocycles. The Morgan fingerprint density at radius 3 is 2.28 bits per heavy atom. The molecule has 2 saturated carbocycles. The Morgan fingerprint density at radius 2 is 1.63 bits per heavy atom. The highest BCUT2D eigenvalue weighted by atomic mass is 16.7. The van der Waals surface area contributed by atoms with Crippen molar-refractivity contribution in [3.63, 3.8) is 0 Å². The predicted molar refractivity (Wildman–Crippen MR) is 175 cm³/mol. The molecule has 0 spiro atoms. The number of ether oxygens (including phenoxy) is 3. The fourth-order valence-corrected chi connectivity index (χ4v) is 10.7. The highest BCUT2D eigenvalue weighted by Gasteiger charge is 2.64. The standard InChI is InChI=1S/C38H58O8/c1-21(2)22(3)10-11-24(33(43)46-34-32(42)31(41)28(40)20-44-34)25-14-18-38(9)27-12-13-29-35(5,6)30(45-23(4)39)16-17-36(29,7)26(27)15-19-37(25,38)8/h10,24-25,28-32,34,40-42H,1,11-20H2,2-9H3. The normalized spacial score (nSPS) is 42.8. The number of aliphatic hydroxyl groups excluding tert-OH is 3. The van der Waals surface area contributed by atoms with Gasteiger partial charge in [0.1, 0.15) is 24.4 Å². The number of hydrogen-bond donors (Lipinski definition) is 3. The van der Waals surface area contributed by atoms with Crippen molar-refractivity contribution in [2.45, 2.75) is 144 Å². The molecule has 5 rings (SSSR count). The van der Waals surface area contributed by atoms with Crippen molar-refractivity contribution in [3.8, 4) is 0 Å². The van der Waals surface area contributed by atoms with E-state index in [0.717, 1.165) is 62.5 Å². The van der Waals surface area contributed by atoms with Gasteiger partial charge in [-0.2, -0.15) is 0 Å². The molecule has 0 aromatic carbocycles. The van der Waals surface area contributed by atoms with Crippen LogP contribution in [0.25, 0.3) is 0 Å². The first-order valence-corrected chi connectivity index (χ1v) is 17.5. The van der Waals surface area contributed by atoms with E-state index in [1.165, 1.54) is 6.92 Å². The van der Waals surface area contributed by atoms with Crippen molar-refractivity contribution in [1.29, 1.82) is 0 Å². The number of rotatable bonds is 7. The van der Waals surface area contributed by atoms with Crippen LogP contribution in [-0.2, 0) is 23.8 Å². The van der Waals surface area contributed by atoms with Crippen LogP contribution in [0.4, 0.5) is 0 Å². The summed E-state index contributed by atoms with van der Waals surface area (Å²) in [4.78, 5) is 26.0. The van der Waals surface area contributed by atoms with Gasteiger partial charge in [-0.1, -0.05) is 69.6 Å². The van der Waals surface area contributed by atoms with Gasteiger partial charge in [0.2, 0.25) is 6.29 Å². The van der Waals surface area contributed by atoms with E-state index in [0.29, 0.717) is 12.3 Å². The molecule has 5 aliphatic rings. The SMILES string of the molecule is C=C(C)C(C)=CCC(C(=O)OC1OCC(O)C(O)C1O)C1CCC2(C)C3=C(CCC12C)C1(C)CCC(OC(C)=O)C(C)(C)C1CC3. The molecule has 0 radical (unpaired) electrons. The van der Waals surface area contributed by atoms with Gasteiger partial charge in [-0.3, -0.25) is 9.59 Å². The highest BCUT2D eigenvalue weighted by Crippen LogP contribution is 2.72. The number of allylic oxidation sites excluding steroid dienone is 5. The van der Waals surface area contributed by atoms with Crippen LogP contribution in [0.1, 0.15) is 113 Å². The average Bonchev–Trinajstić information content (AvgIpc) is 3.25. The molecule has 1 aliphatic heterocycles. The van der Waals surface area contributed by atoms with Crippen LogP contribution in [0, 0.1) is 39.4 Å². The molecule has 11 unspecified atom stereocenters. The first-order valence-electron chi connectivity index (χ1n) is 17.5. The minimum atomic E-state index is -1.52. The maximum Gasteiger partial charge on any atom is 0.311 e. The first-order chi connectivity index (χ1) is 21.4. The summed E-state index contributed by atoms with van der Waals surface area (Å²) < 4.78 is 17.2. The fraction of sp³-hybridized carbons (Fsp3) is 0.789. The van der Waals surface area contributed by atoms with Crippen LogP contribution >= 0.6 is 0 Å². The Labute approximate surface area is 275 Å². The van der Waals surface area contributed by atoms with Crippen LogP contribution < -0.4 is 0 Å². The number of fused-ring (bicyclic) bond motifs is 4. The Hall–Kier alpha value is -2.00. The van der Waals surface area contributed by atoms with E-state index in [9.17, 15) is 24.9 Å². The lowest BCUT2D eigenvalue weighted by Crippen LogP contribution is -2.56. The summed E-state index contributed by atoms with van der Waals surface area (Å²) >= 11 is 0. The predicted octanol–water partition coefficient (Wildman–Crippen LogP) is 6.18. The molecule has 46 heavy (non-hydrogen) atoms. The van der Waals surface area contributed by atoms with Crippen LogP contribution in [0.15, 0.2) is 34.9 Å². The smallest absolute Gasteiger partial charge is 0.311 e.